The van der Waals surface area contributed by atoms with E-state index in [1.807, 2.05) is 24.3 Å². The Bertz CT molecular complexity index is 793. The standard InChI is InChI=1S/C22H25NO4/c1-22(2,3)27-21(25)13-23-12-20(24)26-14-19-17-10-6-4-8-15(17)16-9-5-7-11-18(16)19/h4-11,19,23H,12-14H2,1-3H3. The van der Waals surface area contributed by atoms with Gasteiger partial charge in [0, 0.05) is 5.92 Å². The first kappa shape index (κ1) is 19.1. The molecule has 0 radical (unpaired) electrons. The molecule has 27 heavy (non-hydrogen) atoms. The summed E-state index contributed by atoms with van der Waals surface area (Å²) < 4.78 is 10.7. The lowest BCUT2D eigenvalue weighted by Crippen LogP contribution is -2.34. The summed E-state index contributed by atoms with van der Waals surface area (Å²) in [4.78, 5) is 23.7. The first-order chi connectivity index (χ1) is 12.8. The molecule has 2 aromatic carbocycles. The van der Waals surface area contributed by atoms with Gasteiger partial charge in [-0.05, 0) is 43.0 Å². The Hall–Kier alpha value is -2.66. The van der Waals surface area contributed by atoms with Crippen LogP contribution in [0.15, 0.2) is 48.5 Å². The van der Waals surface area contributed by atoms with E-state index in [0.717, 1.165) is 0 Å². The van der Waals surface area contributed by atoms with Gasteiger partial charge in [0.25, 0.3) is 0 Å². The van der Waals surface area contributed by atoms with Crippen molar-refractivity contribution in [2.45, 2.75) is 32.3 Å². The number of esters is 2. The van der Waals surface area contributed by atoms with E-state index in [2.05, 4.69) is 29.6 Å². The van der Waals surface area contributed by atoms with Gasteiger partial charge in [0.15, 0.2) is 0 Å². The van der Waals surface area contributed by atoms with Crippen molar-refractivity contribution in [3.63, 3.8) is 0 Å². The van der Waals surface area contributed by atoms with Gasteiger partial charge in [-0.25, -0.2) is 0 Å². The number of benzene rings is 2. The van der Waals surface area contributed by atoms with E-state index >= 15 is 0 Å². The third-order valence-electron chi connectivity index (χ3n) is 4.33. The maximum atomic E-state index is 12.1. The average Bonchev–Trinajstić information content (AvgIpc) is 2.92. The lowest BCUT2D eigenvalue weighted by molar-refractivity contribution is -0.153. The molecule has 5 heteroatoms. The quantitative estimate of drug-likeness (QED) is 0.794. The van der Waals surface area contributed by atoms with E-state index in [1.54, 1.807) is 20.8 Å². The van der Waals surface area contributed by atoms with Gasteiger partial charge in [-0.15, -0.1) is 0 Å². The van der Waals surface area contributed by atoms with Crippen LogP contribution in [0.3, 0.4) is 0 Å². The van der Waals surface area contributed by atoms with Crippen LogP contribution >= 0.6 is 0 Å². The first-order valence-electron chi connectivity index (χ1n) is 9.11. The third kappa shape index (κ3) is 4.74. The van der Waals surface area contributed by atoms with Crippen LogP contribution in [-0.2, 0) is 19.1 Å². The van der Waals surface area contributed by atoms with Crippen LogP contribution in [0, 0.1) is 0 Å². The van der Waals surface area contributed by atoms with Crippen LogP contribution in [0.25, 0.3) is 11.1 Å². The van der Waals surface area contributed by atoms with Crippen molar-refractivity contribution in [3.8, 4) is 11.1 Å². The maximum Gasteiger partial charge on any atom is 0.320 e. The molecule has 0 fully saturated rings. The topological polar surface area (TPSA) is 64.6 Å². The van der Waals surface area contributed by atoms with Crippen molar-refractivity contribution < 1.29 is 19.1 Å². The molecular formula is C22H25NO4. The molecule has 1 aliphatic carbocycles. The summed E-state index contributed by atoms with van der Waals surface area (Å²) in [6.07, 6.45) is 0. The smallest absolute Gasteiger partial charge is 0.320 e. The van der Waals surface area contributed by atoms with Crippen molar-refractivity contribution in [2.75, 3.05) is 19.7 Å². The highest BCUT2D eigenvalue weighted by atomic mass is 16.6. The molecule has 5 nitrogen and oxygen atoms in total. The molecule has 0 saturated carbocycles. The number of hydrogen-bond donors (Lipinski definition) is 1. The van der Waals surface area contributed by atoms with E-state index < -0.39 is 11.6 Å². The van der Waals surface area contributed by atoms with E-state index in [1.165, 1.54) is 22.3 Å². The molecule has 0 aliphatic heterocycles. The van der Waals surface area contributed by atoms with Gasteiger partial charge in [-0.1, -0.05) is 48.5 Å². The molecule has 0 atom stereocenters. The van der Waals surface area contributed by atoms with Gasteiger partial charge < -0.3 is 9.47 Å². The van der Waals surface area contributed by atoms with Crippen LogP contribution in [0.4, 0.5) is 0 Å². The highest BCUT2D eigenvalue weighted by molar-refractivity contribution is 5.79. The molecule has 2 aromatic rings. The number of ether oxygens (including phenoxy) is 2. The SMILES string of the molecule is CC(C)(C)OC(=O)CNCC(=O)OCC1c2ccccc2-c2ccccc21. The highest BCUT2D eigenvalue weighted by Gasteiger charge is 2.28. The largest absolute Gasteiger partial charge is 0.464 e. The fraction of sp³-hybridized carbons (Fsp3) is 0.364. The molecule has 0 saturated heterocycles. The second-order valence-corrected chi connectivity index (χ2v) is 7.60. The summed E-state index contributed by atoms with van der Waals surface area (Å²) in [5, 5.41) is 2.77. The maximum absolute atomic E-state index is 12.1. The Morgan fingerprint density at radius 1 is 0.889 bits per heavy atom. The van der Waals surface area contributed by atoms with Crippen LogP contribution in [0.5, 0.6) is 0 Å². The predicted octanol–water partition coefficient (Wildman–Crippen LogP) is 3.27. The lowest BCUT2D eigenvalue weighted by Gasteiger charge is -2.19. The first-order valence-corrected chi connectivity index (χ1v) is 9.11. The summed E-state index contributed by atoms with van der Waals surface area (Å²) in [7, 11) is 0. The van der Waals surface area contributed by atoms with Gasteiger partial charge in [0.05, 0.1) is 13.1 Å². The molecule has 142 valence electrons. The second kappa shape index (κ2) is 7.92. The van der Waals surface area contributed by atoms with E-state index in [4.69, 9.17) is 9.47 Å². The zero-order valence-corrected chi connectivity index (χ0v) is 16.0. The van der Waals surface area contributed by atoms with Crippen LogP contribution in [0.1, 0.15) is 37.8 Å². The summed E-state index contributed by atoms with van der Waals surface area (Å²) >= 11 is 0. The molecule has 0 heterocycles. The summed E-state index contributed by atoms with van der Waals surface area (Å²) in [5.74, 6) is -0.749. The Morgan fingerprint density at radius 3 is 1.96 bits per heavy atom. The van der Waals surface area contributed by atoms with Crippen LogP contribution in [-0.4, -0.2) is 37.2 Å². The predicted molar refractivity (Wildman–Crippen MR) is 103 cm³/mol. The Balaban J connectivity index is 1.53. The summed E-state index contributed by atoms with van der Waals surface area (Å²) in [6.45, 7) is 5.63. The van der Waals surface area contributed by atoms with Crippen molar-refractivity contribution in [1.82, 2.24) is 5.32 Å². The van der Waals surface area contributed by atoms with Crippen molar-refractivity contribution in [3.05, 3.63) is 59.7 Å². The number of fused-ring (bicyclic) bond motifs is 3. The molecule has 0 bridgehead atoms. The van der Waals surface area contributed by atoms with E-state index in [0.29, 0.717) is 0 Å². The minimum absolute atomic E-state index is 0.0263. The van der Waals surface area contributed by atoms with Crippen molar-refractivity contribution >= 4 is 11.9 Å². The second-order valence-electron chi connectivity index (χ2n) is 7.60. The van der Waals surface area contributed by atoms with Gasteiger partial charge in [-0.3, -0.25) is 14.9 Å². The number of carbonyl (C=O) groups excluding carboxylic acids is 2. The number of nitrogens with one attached hydrogen (secondary N) is 1. The van der Waals surface area contributed by atoms with Gasteiger partial charge in [-0.2, -0.15) is 0 Å². The monoisotopic (exact) mass is 367 g/mol. The zero-order chi connectivity index (χ0) is 19.4. The third-order valence-corrected chi connectivity index (χ3v) is 4.33. The average molecular weight is 367 g/mol. The molecule has 0 aromatic heterocycles. The summed E-state index contributed by atoms with van der Waals surface area (Å²) in [5.41, 5.74) is 4.19. The fourth-order valence-electron chi connectivity index (χ4n) is 3.31. The Labute approximate surface area is 159 Å². The highest BCUT2D eigenvalue weighted by Crippen LogP contribution is 2.44. The number of carbonyl (C=O) groups is 2. The lowest BCUT2D eigenvalue weighted by atomic mass is 9.98. The minimum atomic E-state index is -0.539. The number of rotatable bonds is 6. The molecular weight excluding hydrogens is 342 g/mol. The molecule has 0 spiro atoms. The van der Waals surface area contributed by atoms with Crippen LogP contribution < -0.4 is 5.32 Å². The Kier molecular flexibility index (Phi) is 5.61. The van der Waals surface area contributed by atoms with Gasteiger partial charge in [0.2, 0.25) is 0 Å². The molecule has 3 rings (SSSR count). The van der Waals surface area contributed by atoms with Crippen LogP contribution in [0.2, 0.25) is 0 Å². The summed E-state index contributed by atoms with van der Waals surface area (Å²) in [6, 6.07) is 16.4. The van der Waals surface area contributed by atoms with Gasteiger partial charge in [0.1, 0.15) is 12.2 Å². The minimum Gasteiger partial charge on any atom is -0.464 e. The fourth-order valence-corrected chi connectivity index (χ4v) is 3.31. The van der Waals surface area contributed by atoms with Crippen molar-refractivity contribution in [2.24, 2.45) is 0 Å². The van der Waals surface area contributed by atoms with Crippen molar-refractivity contribution in [1.29, 1.82) is 0 Å². The normalized spacial score (nSPS) is 13.0. The van der Waals surface area contributed by atoms with Gasteiger partial charge >= 0.3 is 11.9 Å². The molecule has 0 unspecified atom stereocenters. The van der Waals surface area contributed by atoms with E-state index in [-0.39, 0.29) is 31.6 Å². The molecule has 1 aliphatic rings. The zero-order valence-electron chi connectivity index (χ0n) is 16.0. The number of hydrogen-bond acceptors (Lipinski definition) is 5. The van der Waals surface area contributed by atoms with E-state index in [9.17, 15) is 9.59 Å². The Morgan fingerprint density at radius 2 is 1.41 bits per heavy atom. The molecule has 1 N–H and O–H groups in total. The molecule has 0 amide bonds.